The lowest BCUT2D eigenvalue weighted by Crippen LogP contribution is -2.75. The van der Waals surface area contributed by atoms with Crippen molar-refractivity contribution in [3.63, 3.8) is 0 Å². The molecule has 5 N–H and O–H groups in total. The van der Waals surface area contributed by atoms with Crippen LogP contribution in [0.5, 0.6) is 11.5 Å². The van der Waals surface area contributed by atoms with E-state index in [2.05, 4.69) is 15.2 Å². The number of carbonyl (C=O) groups excluding carboxylic acids is 1. The quantitative estimate of drug-likeness (QED) is 0.348. The Labute approximate surface area is 221 Å². The molecule has 1 saturated carbocycles. The fourth-order valence-corrected chi connectivity index (χ4v) is 8.32. The number of hydrogen-bond donors (Lipinski definition) is 5. The molecular formula is C28H27N3O6S. The molecule has 196 valence electrons. The number of nitrogens with one attached hydrogen (secondary N) is 2. The molecule has 3 aromatic rings. The number of likely N-dealkylation sites (tertiary alicyclic amines) is 1. The second kappa shape index (κ2) is 7.40. The van der Waals surface area contributed by atoms with Crippen LogP contribution in [0.4, 0.5) is 5.69 Å². The third-order valence-electron chi connectivity index (χ3n) is 9.47. The molecule has 2 aliphatic heterocycles. The minimum atomic E-state index is -1.36. The number of piperidine rings is 1. The number of benzene rings is 2. The first kappa shape index (κ1) is 22.6. The zero-order chi connectivity index (χ0) is 26.0. The van der Waals surface area contributed by atoms with E-state index in [1.165, 1.54) is 12.8 Å². The maximum Gasteiger partial charge on any atom is 0.305 e. The lowest BCUT2D eigenvalue weighted by molar-refractivity contribution is -0.172. The van der Waals surface area contributed by atoms with E-state index >= 15 is 0 Å². The summed E-state index contributed by atoms with van der Waals surface area (Å²) in [7, 11) is 0. The predicted molar refractivity (Wildman–Crippen MR) is 141 cm³/mol. The van der Waals surface area contributed by atoms with Gasteiger partial charge in [0.05, 0.1) is 26.8 Å². The summed E-state index contributed by atoms with van der Waals surface area (Å²) in [6.07, 6.45) is 2.54. The molecule has 1 aromatic heterocycles. The highest BCUT2D eigenvalue weighted by molar-refractivity contribution is 7.16. The third kappa shape index (κ3) is 2.82. The van der Waals surface area contributed by atoms with Crippen molar-refractivity contribution < 1.29 is 24.9 Å². The molecule has 5 aliphatic rings. The summed E-state index contributed by atoms with van der Waals surface area (Å²) in [5, 5.41) is 37.8. The third-order valence-corrected chi connectivity index (χ3v) is 10.3. The SMILES string of the molecule is O=C(Nc1ccc2sc(=O)[nH]c2c1)C1=C(O)[C@@H]2Oc3c(O)ccc4c3[C@@]23CCN(CC2CC2)[C@H](C4)[C@]3(O)C1. The lowest BCUT2D eigenvalue weighted by Gasteiger charge is -2.62. The minimum absolute atomic E-state index is 0.0226. The summed E-state index contributed by atoms with van der Waals surface area (Å²) in [6.45, 7) is 1.66. The van der Waals surface area contributed by atoms with Crippen molar-refractivity contribution >= 4 is 33.1 Å². The van der Waals surface area contributed by atoms with Crippen molar-refractivity contribution in [2.24, 2.45) is 5.92 Å². The van der Waals surface area contributed by atoms with E-state index in [9.17, 15) is 24.9 Å². The van der Waals surface area contributed by atoms with Crippen LogP contribution in [-0.2, 0) is 16.6 Å². The molecule has 3 aliphatic carbocycles. The molecule has 8 rings (SSSR count). The van der Waals surface area contributed by atoms with E-state index in [-0.39, 0.29) is 34.4 Å². The van der Waals surface area contributed by atoms with E-state index in [4.69, 9.17) is 4.74 Å². The average molecular weight is 534 g/mol. The first-order valence-electron chi connectivity index (χ1n) is 13.1. The molecule has 3 heterocycles. The fraction of sp³-hybridized carbons (Fsp3) is 0.429. The standard InChI is InChI=1S/C28H27N3O6S/c32-18-5-3-14-9-20-28(36)11-16(25(34)29-15-4-6-19-17(10-15)30-26(35)38-19)22(33)24-27(28,21(14)23(18)37-24)7-8-31(20)12-13-1-2-13/h3-6,10,13,20,24,32-33,36H,1-2,7-9,11-12H2,(H,29,34)(H,30,35)/t20-,24+,27+,28-/m1/s1. The van der Waals surface area contributed by atoms with E-state index in [1.54, 1.807) is 24.3 Å². The van der Waals surface area contributed by atoms with Crippen molar-refractivity contribution in [2.75, 3.05) is 18.4 Å². The molecule has 9 nitrogen and oxygen atoms in total. The Morgan fingerprint density at radius 3 is 2.89 bits per heavy atom. The first-order valence-corrected chi connectivity index (χ1v) is 13.9. The minimum Gasteiger partial charge on any atom is -0.508 e. The topological polar surface area (TPSA) is 135 Å². The van der Waals surface area contributed by atoms with Gasteiger partial charge >= 0.3 is 4.87 Å². The summed E-state index contributed by atoms with van der Waals surface area (Å²) in [5.41, 5.74) is 0.673. The van der Waals surface area contributed by atoms with Gasteiger partial charge in [-0.3, -0.25) is 14.5 Å². The molecule has 2 fully saturated rings. The summed E-state index contributed by atoms with van der Waals surface area (Å²) < 4.78 is 7.03. The average Bonchev–Trinajstić information content (AvgIpc) is 3.51. The number of aromatic amines is 1. The fourth-order valence-electron chi connectivity index (χ4n) is 7.60. The van der Waals surface area contributed by atoms with Gasteiger partial charge in [-0.15, -0.1) is 0 Å². The van der Waals surface area contributed by atoms with Gasteiger partial charge in [-0.2, -0.15) is 0 Å². The highest BCUT2D eigenvalue weighted by atomic mass is 32.1. The molecule has 2 bridgehead atoms. The number of aromatic nitrogens is 1. The van der Waals surface area contributed by atoms with Crippen molar-refractivity contribution in [1.82, 2.24) is 9.88 Å². The van der Waals surface area contributed by atoms with Crippen LogP contribution in [0.3, 0.4) is 0 Å². The van der Waals surface area contributed by atoms with Crippen molar-refractivity contribution in [3.05, 3.63) is 62.5 Å². The number of rotatable bonds is 4. The lowest BCUT2D eigenvalue weighted by atomic mass is 9.49. The van der Waals surface area contributed by atoms with Gasteiger partial charge in [0.1, 0.15) is 5.76 Å². The molecule has 0 radical (unpaired) electrons. The highest BCUT2D eigenvalue weighted by Crippen LogP contribution is 2.66. The zero-order valence-electron chi connectivity index (χ0n) is 20.5. The van der Waals surface area contributed by atoms with Crippen LogP contribution in [-0.4, -0.2) is 61.9 Å². The molecule has 1 spiro atoms. The van der Waals surface area contributed by atoms with Crippen molar-refractivity contribution in [1.29, 1.82) is 0 Å². The zero-order valence-corrected chi connectivity index (χ0v) is 21.3. The number of thiazole rings is 1. The number of nitrogens with zero attached hydrogens (tertiary/aromatic N) is 1. The number of aliphatic hydroxyl groups excluding tert-OH is 1. The summed E-state index contributed by atoms with van der Waals surface area (Å²) in [5.74, 6) is 0.193. The van der Waals surface area contributed by atoms with Crippen LogP contribution >= 0.6 is 11.3 Å². The van der Waals surface area contributed by atoms with Gasteiger partial charge in [0.2, 0.25) is 0 Å². The maximum atomic E-state index is 13.6. The Bertz CT molecular complexity index is 1640. The number of aliphatic hydroxyl groups is 2. The largest absolute Gasteiger partial charge is 0.508 e. The molecule has 2 aromatic carbocycles. The summed E-state index contributed by atoms with van der Waals surface area (Å²) >= 11 is 1.09. The van der Waals surface area contributed by atoms with Crippen LogP contribution in [0, 0.1) is 5.92 Å². The maximum absolute atomic E-state index is 13.6. The molecule has 38 heavy (non-hydrogen) atoms. The Kier molecular flexibility index (Phi) is 4.41. The number of anilines is 1. The van der Waals surface area contributed by atoms with Gasteiger partial charge in [-0.25, -0.2) is 0 Å². The van der Waals surface area contributed by atoms with E-state index in [0.29, 0.717) is 35.7 Å². The Balaban J connectivity index is 1.23. The molecule has 0 unspecified atom stereocenters. The second-order valence-electron chi connectivity index (χ2n) is 11.5. The number of fused-ring (bicyclic) bond motifs is 1. The number of H-pyrrole nitrogens is 1. The Morgan fingerprint density at radius 2 is 2.08 bits per heavy atom. The molecule has 4 atom stereocenters. The highest BCUT2D eigenvalue weighted by Gasteiger charge is 2.73. The predicted octanol–water partition coefficient (Wildman–Crippen LogP) is 2.92. The van der Waals surface area contributed by atoms with Crippen LogP contribution in [0.2, 0.25) is 0 Å². The van der Waals surface area contributed by atoms with Gasteiger partial charge in [0, 0.05) is 30.3 Å². The van der Waals surface area contributed by atoms with Gasteiger partial charge < -0.3 is 30.4 Å². The number of carbonyl (C=O) groups is 1. The van der Waals surface area contributed by atoms with Crippen molar-refractivity contribution in [3.8, 4) is 11.5 Å². The van der Waals surface area contributed by atoms with Gasteiger partial charge in [0.25, 0.3) is 5.91 Å². The number of phenols is 1. The van der Waals surface area contributed by atoms with Crippen LogP contribution in [0.1, 0.15) is 36.8 Å². The number of ether oxygens (including phenoxy) is 1. The number of aromatic hydroxyl groups is 1. The van der Waals surface area contributed by atoms with E-state index in [1.807, 2.05) is 6.07 Å². The normalized spacial score (nSPS) is 31.3. The summed E-state index contributed by atoms with van der Waals surface area (Å²) in [4.78, 5) is 30.3. The Morgan fingerprint density at radius 1 is 1.24 bits per heavy atom. The van der Waals surface area contributed by atoms with Crippen LogP contribution < -0.4 is 14.9 Å². The molecule has 1 saturated heterocycles. The smallest absolute Gasteiger partial charge is 0.305 e. The van der Waals surface area contributed by atoms with Crippen molar-refractivity contribution in [2.45, 2.75) is 55.3 Å². The first-order chi connectivity index (χ1) is 18.3. The van der Waals surface area contributed by atoms with Gasteiger partial charge in [0.15, 0.2) is 17.6 Å². The molecular weight excluding hydrogens is 506 g/mol. The summed E-state index contributed by atoms with van der Waals surface area (Å²) in [6, 6.07) is 8.43. The van der Waals surface area contributed by atoms with E-state index in [0.717, 1.165) is 40.3 Å². The number of hydrogen-bond acceptors (Lipinski definition) is 8. The van der Waals surface area contributed by atoms with Crippen LogP contribution in [0.25, 0.3) is 10.2 Å². The molecule has 10 heteroatoms. The Hall–Kier alpha value is -3.34. The number of phenolic OH excluding ortho intramolecular Hbond substituents is 1. The van der Waals surface area contributed by atoms with E-state index < -0.39 is 23.0 Å². The number of amides is 1. The molecule has 1 amide bonds. The van der Waals surface area contributed by atoms with Crippen LogP contribution in [0.15, 0.2) is 46.5 Å². The monoisotopic (exact) mass is 533 g/mol. The van der Waals surface area contributed by atoms with Gasteiger partial charge in [-0.1, -0.05) is 17.4 Å². The van der Waals surface area contributed by atoms with Gasteiger partial charge in [-0.05, 0) is 68.0 Å². The second-order valence-corrected chi connectivity index (χ2v) is 12.5.